The number of piperazine rings is 1. The van der Waals surface area contributed by atoms with Gasteiger partial charge in [0.1, 0.15) is 0 Å². The van der Waals surface area contributed by atoms with E-state index in [0.29, 0.717) is 17.9 Å². The first-order valence-corrected chi connectivity index (χ1v) is 9.91. The number of anilines is 2. The van der Waals surface area contributed by atoms with E-state index >= 15 is 0 Å². The van der Waals surface area contributed by atoms with Crippen LogP contribution >= 0.6 is 0 Å². The van der Waals surface area contributed by atoms with E-state index in [1.165, 1.54) is 32.1 Å². The maximum atomic E-state index is 12.7. The minimum Gasteiger partial charge on any atom is -0.380 e. The van der Waals surface area contributed by atoms with Crippen molar-refractivity contribution in [2.24, 2.45) is 5.92 Å². The molecular weight excluding hydrogens is 328 g/mol. The van der Waals surface area contributed by atoms with Crippen molar-refractivity contribution < 1.29 is 9.59 Å². The molecule has 26 heavy (non-hydrogen) atoms. The van der Waals surface area contributed by atoms with E-state index in [1.807, 2.05) is 23.1 Å². The predicted octanol–water partition coefficient (Wildman–Crippen LogP) is 2.43. The molecule has 0 aromatic heterocycles. The quantitative estimate of drug-likeness (QED) is 0.761. The lowest BCUT2D eigenvalue weighted by Gasteiger charge is -2.30. The number of amides is 2. The molecule has 6 nitrogen and oxygen atoms in total. The van der Waals surface area contributed by atoms with E-state index in [-0.39, 0.29) is 17.9 Å². The third-order valence-electron chi connectivity index (χ3n) is 5.91. The highest BCUT2D eigenvalue weighted by Crippen LogP contribution is 2.34. The van der Waals surface area contributed by atoms with Crippen molar-refractivity contribution in [3.63, 3.8) is 0 Å². The van der Waals surface area contributed by atoms with Gasteiger partial charge in [0.25, 0.3) is 5.91 Å². The molecule has 1 saturated carbocycles. The highest BCUT2D eigenvalue weighted by Gasteiger charge is 2.29. The molecule has 2 fully saturated rings. The Balaban J connectivity index is 1.53. The minimum atomic E-state index is 0.0385. The van der Waals surface area contributed by atoms with Crippen molar-refractivity contribution in [2.75, 3.05) is 36.8 Å². The van der Waals surface area contributed by atoms with Crippen molar-refractivity contribution >= 4 is 23.2 Å². The number of fused-ring (bicyclic) bond motifs is 1. The summed E-state index contributed by atoms with van der Waals surface area (Å²) in [6.45, 7) is 3.12. The van der Waals surface area contributed by atoms with E-state index in [1.54, 1.807) is 0 Å². The van der Waals surface area contributed by atoms with E-state index in [4.69, 9.17) is 0 Å². The fourth-order valence-electron chi connectivity index (χ4n) is 4.43. The van der Waals surface area contributed by atoms with Gasteiger partial charge in [-0.2, -0.15) is 0 Å². The second-order valence-corrected chi connectivity index (χ2v) is 7.70. The summed E-state index contributed by atoms with van der Waals surface area (Å²) in [5.74, 6) is 0.637. The van der Waals surface area contributed by atoms with Gasteiger partial charge in [-0.15, -0.1) is 0 Å². The lowest BCUT2D eigenvalue weighted by molar-refractivity contribution is -0.116. The summed E-state index contributed by atoms with van der Waals surface area (Å²) in [6, 6.07) is 5.84. The molecule has 2 aliphatic heterocycles. The molecule has 3 N–H and O–H groups in total. The first kappa shape index (κ1) is 17.3. The van der Waals surface area contributed by atoms with Crippen molar-refractivity contribution in [2.45, 2.75) is 44.6 Å². The third kappa shape index (κ3) is 3.70. The average molecular weight is 356 g/mol. The fraction of sp³-hybridized carbons (Fsp3) is 0.600. The zero-order valence-electron chi connectivity index (χ0n) is 15.2. The number of hydrogen-bond donors (Lipinski definition) is 3. The van der Waals surface area contributed by atoms with Crippen LogP contribution in [0.25, 0.3) is 0 Å². The Labute approximate surface area is 154 Å². The van der Waals surface area contributed by atoms with Crippen molar-refractivity contribution in [1.29, 1.82) is 0 Å². The van der Waals surface area contributed by atoms with Crippen LogP contribution < -0.4 is 16.0 Å². The van der Waals surface area contributed by atoms with Crippen molar-refractivity contribution in [1.82, 2.24) is 10.2 Å². The van der Waals surface area contributed by atoms with Crippen LogP contribution in [0, 0.1) is 5.92 Å². The first-order chi connectivity index (χ1) is 12.7. The number of nitrogens with one attached hydrogen (secondary N) is 3. The Morgan fingerprint density at radius 3 is 2.58 bits per heavy atom. The lowest BCUT2D eigenvalue weighted by atomic mass is 9.82. The summed E-state index contributed by atoms with van der Waals surface area (Å²) < 4.78 is 0. The Morgan fingerprint density at radius 2 is 1.81 bits per heavy atom. The van der Waals surface area contributed by atoms with Gasteiger partial charge in [-0.1, -0.05) is 19.3 Å². The summed E-state index contributed by atoms with van der Waals surface area (Å²) in [5.41, 5.74) is 2.31. The third-order valence-corrected chi connectivity index (χ3v) is 5.91. The Kier molecular flexibility index (Phi) is 5.11. The molecule has 3 aliphatic rings. The zero-order valence-corrected chi connectivity index (χ0v) is 15.2. The minimum absolute atomic E-state index is 0.0385. The van der Waals surface area contributed by atoms with Crippen LogP contribution in [0.2, 0.25) is 0 Å². The second-order valence-electron chi connectivity index (χ2n) is 7.70. The molecule has 6 heteroatoms. The van der Waals surface area contributed by atoms with E-state index in [0.717, 1.165) is 37.6 Å². The van der Waals surface area contributed by atoms with Gasteiger partial charge in [-0.05, 0) is 37.0 Å². The molecule has 1 aromatic carbocycles. The molecule has 1 atom stereocenters. The van der Waals surface area contributed by atoms with Gasteiger partial charge in [-0.3, -0.25) is 9.59 Å². The van der Waals surface area contributed by atoms with Gasteiger partial charge in [0.2, 0.25) is 5.91 Å². The number of benzene rings is 1. The van der Waals surface area contributed by atoms with Crippen LogP contribution in [0.5, 0.6) is 0 Å². The van der Waals surface area contributed by atoms with Gasteiger partial charge in [-0.25, -0.2) is 0 Å². The monoisotopic (exact) mass is 356 g/mol. The van der Waals surface area contributed by atoms with E-state index in [2.05, 4.69) is 16.0 Å². The van der Waals surface area contributed by atoms with Gasteiger partial charge >= 0.3 is 0 Å². The molecular formula is C20H28N4O2. The molecule has 0 spiro atoms. The highest BCUT2D eigenvalue weighted by molar-refractivity contribution is 6.01. The Morgan fingerprint density at radius 1 is 1.04 bits per heavy atom. The van der Waals surface area contributed by atoms with Crippen LogP contribution in [0.3, 0.4) is 0 Å². The molecule has 1 aromatic rings. The lowest BCUT2D eigenvalue weighted by Crippen LogP contribution is -2.46. The largest absolute Gasteiger partial charge is 0.380 e. The topological polar surface area (TPSA) is 73.5 Å². The number of carbonyl (C=O) groups excluding carboxylic acids is 2. The standard InChI is InChI=1S/C20H28N4O2/c25-19-13-17(14-4-2-1-3-5-14)22-16-7-6-15(12-18(16)23-19)20(26)24-10-8-21-9-11-24/h6-7,12,14,17,21-22H,1-5,8-11,13H2,(H,23,25). The Bertz CT molecular complexity index is 678. The first-order valence-electron chi connectivity index (χ1n) is 9.91. The van der Waals surface area contributed by atoms with Crippen molar-refractivity contribution in [3.8, 4) is 0 Å². The van der Waals surface area contributed by atoms with Crippen LogP contribution in [0.4, 0.5) is 11.4 Å². The van der Waals surface area contributed by atoms with Crippen LogP contribution in [0.1, 0.15) is 48.9 Å². The summed E-state index contributed by atoms with van der Waals surface area (Å²) in [5, 5.41) is 9.85. The summed E-state index contributed by atoms with van der Waals surface area (Å²) >= 11 is 0. The van der Waals surface area contributed by atoms with Crippen molar-refractivity contribution in [3.05, 3.63) is 23.8 Å². The maximum Gasteiger partial charge on any atom is 0.254 e. The molecule has 1 saturated heterocycles. The summed E-state index contributed by atoms with van der Waals surface area (Å²) in [6.07, 6.45) is 6.72. The molecule has 0 bridgehead atoms. The summed E-state index contributed by atoms with van der Waals surface area (Å²) in [7, 11) is 0. The van der Waals surface area contributed by atoms with Gasteiger partial charge in [0.15, 0.2) is 0 Å². The van der Waals surface area contributed by atoms with Crippen LogP contribution in [-0.4, -0.2) is 48.9 Å². The Hall–Kier alpha value is -2.08. The zero-order chi connectivity index (χ0) is 17.9. The number of rotatable bonds is 2. The van der Waals surface area contributed by atoms with Gasteiger partial charge < -0.3 is 20.9 Å². The van der Waals surface area contributed by atoms with Crippen LogP contribution in [0.15, 0.2) is 18.2 Å². The molecule has 1 unspecified atom stereocenters. The molecule has 2 amide bonds. The van der Waals surface area contributed by atoms with E-state index < -0.39 is 0 Å². The fourth-order valence-corrected chi connectivity index (χ4v) is 4.43. The highest BCUT2D eigenvalue weighted by atomic mass is 16.2. The number of hydrogen-bond acceptors (Lipinski definition) is 4. The molecule has 0 radical (unpaired) electrons. The maximum absolute atomic E-state index is 12.7. The molecule has 4 rings (SSSR count). The van der Waals surface area contributed by atoms with Gasteiger partial charge in [0.05, 0.1) is 11.4 Å². The normalized spacial score (nSPS) is 24.2. The summed E-state index contributed by atoms with van der Waals surface area (Å²) in [4.78, 5) is 27.0. The van der Waals surface area contributed by atoms with Gasteiger partial charge in [0, 0.05) is 44.2 Å². The van der Waals surface area contributed by atoms with Crippen LogP contribution in [-0.2, 0) is 4.79 Å². The number of nitrogens with zero attached hydrogens (tertiary/aromatic N) is 1. The number of carbonyl (C=O) groups is 2. The average Bonchev–Trinajstić information content (AvgIpc) is 2.86. The molecule has 140 valence electrons. The molecule has 2 heterocycles. The SMILES string of the molecule is O=C1CC(C2CCCCC2)Nc2ccc(C(=O)N3CCNCC3)cc2N1. The smallest absolute Gasteiger partial charge is 0.254 e. The second kappa shape index (κ2) is 7.66. The predicted molar refractivity (Wildman–Crippen MR) is 102 cm³/mol. The molecule has 1 aliphatic carbocycles. The van der Waals surface area contributed by atoms with E-state index in [9.17, 15) is 9.59 Å².